The van der Waals surface area contributed by atoms with E-state index in [1.54, 1.807) is 20.3 Å². The van der Waals surface area contributed by atoms with Crippen molar-refractivity contribution in [2.45, 2.75) is 13.1 Å². The third-order valence-electron chi connectivity index (χ3n) is 3.11. The molecule has 0 heterocycles. The standard InChI is InChI=1S/C16H17ClFNO2/c1-20-15-6-3-11(7-16(15)21-2)9-19-10-12-4-5-13(18)8-14(12)17/h3-8,19H,9-10H2,1-2H3. The smallest absolute Gasteiger partial charge is 0.161 e. The van der Waals surface area contributed by atoms with E-state index in [4.69, 9.17) is 21.1 Å². The molecule has 0 fully saturated rings. The quantitative estimate of drug-likeness (QED) is 0.880. The average Bonchev–Trinajstić information content (AvgIpc) is 2.49. The predicted molar refractivity (Wildman–Crippen MR) is 81.5 cm³/mol. The maximum Gasteiger partial charge on any atom is 0.161 e. The van der Waals surface area contributed by atoms with E-state index in [1.165, 1.54) is 12.1 Å². The summed E-state index contributed by atoms with van der Waals surface area (Å²) in [4.78, 5) is 0. The highest BCUT2D eigenvalue weighted by Crippen LogP contribution is 2.27. The van der Waals surface area contributed by atoms with E-state index in [-0.39, 0.29) is 5.82 Å². The summed E-state index contributed by atoms with van der Waals surface area (Å²) < 4.78 is 23.4. The molecule has 0 unspecified atom stereocenters. The lowest BCUT2D eigenvalue weighted by Crippen LogP contribution is -2.13. The van der Waals surface area contributed by atoms with Gasteiger partial charge in [0.1, 0.15) is 5.82 Å². The Morgan fingerprint density at radius 2 is 1.76 bits per heavy atom. The van der Waals surface area contributed by atoms with Gasteiger partial charge in [0.15, 0.2) is 11.5 Å². The van der Waals surface area contributed by atoms with Crippen LogP contribution in [0.4, 0.5) is 4.39 Å². The highest BCUT2D eigenvalue weighted by atomic mass is 35.5. The van der Waals surface area contributed by atoms with Crippen LogP contribution in [0.25, 0.3) is 0 Å². The molecule has 0 amide bonds. The summed E-state index contributed by atoms with van der Waals surface area (Å²) in [6.07, 6.45) is 0. The number of methoxy groups -OCH3 is 2. The molecule has 2 aromatic rings. The first-order chi connectivity index (χ1) is 10.1. The Hall–Kier alpha value is -1.78. The van der Waals surface area contributed by atoms with Gasteiger partial charge in [-0.2, -0.15) is 0 Å². The minimum Gasteiger partial charge on any atom is -0.493 e. The summed E-state index contributed by atoms with van der Waals surface area (Å²) in [6.45, 7) is 1.21. The zero-order chi connectivity index (χ0) is 15.2. The molecule has 0 saturated heterocycles. The second-order valence-corrected chi connectivity index (χ2v) is 4.94. The van der Waals surface area contributed by atoms with Crippen LogP contribution in [0.2, 0.25) is 5.02 Å². The van der Waals surface area contributed by atoms with Crippen molar-refractivity contribution in [3.63, 3.8) is 0 Å². The number of hydrogen-bond donors (Lipinski definition) is 1. The molecule has 5 heteroatoms. The largest absolute Gasteiger partial charge is 0.493 e. The van der Waals surface area contributed by atoms with Crippen LogP contribution in [0.1, 0.15) is 11.1 Å². The Morgan fingerprint density at radius 1 is 1.00 bits per heavy atom. The number of benzene rings is 2. The second kappa shape index (κ2) is 7.29. The number of rotatable bonds is 6. The molecule has 0 bridgehead atoms. The molecule has 0 aliphatic rings. The third-order valence-corrected chi connectivity index (χ3v) is 3.46. The first kappa shape index (κ1) is 15.6. The number of halogens is 2. The lowest BCUT2D eigenvalue weighted by Gasteiger charge is -2.11. The second-order valence-electron chi connectivity index (χ2n) is 4.53. The van der Waals surface area contributed by atoms with E-state index < -0.39 is 0 Å². The molecular formula is C16H17ClFNO2. The summed E-state index contributed by atoms with van der Waals surface area (Å²) in [6, 6.07) is 10.1. The minimum atomic E-state index is -0.330. The van der Waals surface area contributed by atoms with Crippen molar-refractivity contribution < 1.29 is 13.9 Å². The Bertz CT molecular complexity index is 619. The maximum atomic E-state index is 13.0. The Balaban J connectivity index is 1.97. The zero-order valence-electron chi connectivity index (χ0n) is 12.0. The van der Waals surface area contributed by atoms with Gasteiger partial charge in [-0.05, 0) is 35.4 Å². The summed E-state index contributed by atoms with van der Waals surface area (Å²) in [5.41, 5.74) is 1.92. The molecule has 0 spiro atoms. The Labute approximate surface area is 128 Å². The van der Waals surface area contributed by atoms with Gasteiger partial charge >= 0.3 is 0 Å². The molecule has 112 valence electrons. The van der Waals surface area contributed by atoms with E-state index in [2.05, 4.69) is 5.32 Å². The van der Waals surface area contributed by atoms with Gasteiger partial charge in [-0.1, -0.05) is 23.7 Å². The fourth-order valence-corrected chi connectivity index (χ4v) is 2.23. The Morgan fingerprint density at radius 3 is 2.43 bits per heavy atom. The van der Waals surface area contributed by atoms with E-state index in [0.717, 1.165) is 11.1 Å². The van der Waals surface area contributed by atoms with Crippen molar-refractivity contribution in [2.24, 2.45) is 0 Å². The predicted octanol–water partition coefficient (Wildman–Crippen LogP) is 3.79. The van der Waals surface area contributed by atoms with Crippen molar-refractivity contribution in [3.8, 4) is 11.5 Å². The molecule has 0 radical (unpaired) electrons. The van der Waals surface area contributed by atoms with Gasteiger partial charge in [0.2, 0.25) is 0 Å². The fraction of sp³-hybridized carbons (Fsp3) is 0.250. The molecule has 1 N–H and O–H groups in total. The maximum absolute atomic E-state index is 13.0. The molecule has 21 heavy (non-hydrogen) atoms. The molecule has 0 saturated carbocycles. The van der Waals surface area contributed by atoms with Crippen LogP contribution in [0, 0.1) is 5.82 Å². The van der Waals surface area contributed by atoms with Crippen molar-refractivity contribution in [1.82, 2.24) is 5.32 Å². The number of ether oxygens (including phenoxy) is 2. The van der Waals surface area contributed by atoms with Crippen LogP contribution in [0.15, 0.2) is 36.4 Å². The van der Waals surface area contributed by atoms with Gasteiger partial charge in [-0.15, -0.1) is 0 Å². The van der Waals surface area contributed by atoms with Crippen LogP contribution in [-0.2, 0) is 13.1 Å². The molecule has 2 aromatic carbocycles. The summed E-state index contributed by atoms with van der Waals surface area (Å²) in [5.74, 6) is 1.06. The first-order valence-corrected chi connectivity index (χ1v) is 6.87. The van der Waals surface area contributed by atoms with Crippen LogP contribution in [0.5, 0.6) is 11.5 Å². The van der Waals surface area contributed by atoms with Crippen molar-refractivity contribution in [3.05, 3.63) is 58.4 Å². The van der Waals surface area contributed by atoms with Crippen molar-refractivity contribution >= 4 is 11.6 Å². The van der Waals surface area contributed by atoms with Gasteiger partial charge < -0.3 is 14.8 Å². The Kier molecular flexibility index (Phi) is 5.42. The van der Waals surface area contributed by atoms with Crippen LogP contribution >= 0.6 is 11.6 Å². The minimum absolute atomic E-state index is 0.330. The average molecular weight is 310 g/mol. The van der Waals surface area contributed by atoms with Gasteiger partial charge in [-0.3, -0.25) is 0 Å². The lowest BCUT2D eigenvalue weighted by molar-refractivity contribution is 0.354. The molecule has 2 rings (SSSR count). The van der Waals surface area contributed by atoms with Gasteiger partial charge in [-0.25, -0.2) is 4.39 Å². The monoisotopic (exact) mass is 309 g/mol. The molecular weight excluding hydrogens is 293 g/mol. The summed E-state index contributed by atoms with van der Waals surface area (Å²) in [5, 5.41) is 3.69. The van der Waals surface area contributed by atoms with Gasteiger partial charge in [0, 0.05) is 18.1 Å². The van der Waals surface area contributed by atoms with E-state index in [0.29, 0.717) is 29.6 Å². The summed E-state index contributed by atoms with van der Waals surface area (Å²) >= 11 is 5.98. The molecule has 0 aliphatic heterocycles. The number of hydrogen-bond acceptors (Lipinski definition) is 3. The first-order valence-electron chi connectivity index (χ1n) is 6.49. The molecule has 3 nitrogen and oxygen atoms in total. The molecule has 0 aliphatic carbocycles. The highest BCUT2D eigenvalue weighted by molar-refractivity contribution is 6.31. The van der Waals surface area contributed by atoms with Gasteiger partial charge in [0.25, 0.3) is 0 Å². The van der Waals surface area contributed by atoms with Crippen LogP contribution in [-0.4, -0.2) is 14.2 Å². The molecule has 0 atom stereocenters. The number of nitrogens with one attached hydrogen (secondary N) is 1. The summed E-state index contributed by atoms with van der Waals surface area (Å²) in [7, 11) is 3.21. The van der Waals surface area contributed by atoms with Crippen LogP contribution in [0.3, 0.4) is 0 Å². The van der Waals surface area contributed by atoms with E-state index in [9.17, 15) is 4.39 Å². The van der Waals surface area contributed by atoms with Crippen molar-refractivity contribution in [1.29, 1.82) is 0 Å². The lowest BCUT2D eigenvalue weighted by atomic mass is 10.2. The zero-order valence-corrected chi connectivity index (χ0v) is 12.7. The SMILES string of the molecule is COc1ccc(CNCc2ccc(F)cc2Cl)cc1OC. The fourth-order valence-electron chi connectivity index (χ4n) is 2.00. The van der Waals surface area contributed by atoms with E-state index >= 15 is 0 Å². The van der Waals surface area contributed by atoms with Crippen molar-refractivity contribution in [2.75, 3.05) is 14.2 Å². The topological polar surface area (TPSA) is 30.5 Å². The third kappa shape index (κ3) is 4.09. The highest BCUT2D eigenvalue weighted by Gasteiger charge is 2.05. The van der Waals surface area contributed by atoms with Gasteiger partial charge in [0.05, 0.1) is 14.2 Å². The molecule has 0 aromatic heterocycles. The normalized spacial score (nSPS) is 10.5. The van der Waals surface area contributed by atoms with Crippen LogP contribution < -0.4 is 14.8 Å². The van der Waals surface area contributed by atoms with E-state index in [1.807, 2.05) is 18.2 Å².